The lowest BCUT2D eigenvalue weighted by molar-refractivity contribution is -0.122. The Bertz CT molecular complexity index is 1150. The van der Waals surface area contributed by atoms with Crippen LogP contribution in [0.4, 0.5) is 5.69 Å². The molecule has 3 N–H and O–H groups in total. The fourth-order valence-corrected chi connectivity index (χ4v) is 4.98. The monoisotopic (exact) mass is 417 g/mol. The number of carbonyl (C=O) groups excluding carboxylic acids is 2. The van der Waals surface area contributed by atoms with Crippen molar-refractivity contribution in [2.24, 2.45) is 5.73 Å². The number of anilines is 1. The molecule has 0 unspecified atom stereocenters. The van der Waals surface area contributed by atoms with Crippen molar-refractivity contribution in [1.82, 2.24) is 4.90 Å². The highest BCUT2D eigenvalue weighted by molar-refractivity contribution is 5.95. The van der Waals surface area contributed by atoms with E-state index >= 15 is 0 Å². The molecule has 2 aromatic carbocycles. The minimum Gasteiger partial charge on any atom is -0.464 e. The van der Waals surface area contributed by atoms with Gasteiger partial charge in [-0.3, -0.25) is 14.5 Å². The number of aryl methyl sites for hydroxylation is 2. The Hall–Kier alpha value is -3.12. The van der Waals surface area contributed by atoms with E-state index in [4.69, 9.17) is 10.2 Å². The summed E-state index contributed by atoms with van der Waals surface area (Å²) in [5.74, 6) is -0.337. The molecule has 0 bridgehead atoms. The molecule has 1 aliphatic heterocycles. The molecule has 1 aromatic heterocycles. The summed E-state index contributed by atoms with van der Waals surface area (Å²) in [7, 11) is 0. The van der Waals surface area contributed by atoms with Gasteiger partial charge in [-0.05, 0) is 79.6 Å². The van der Waals surface area contributed by atoms with Gasteiger partial charge in [0.2, 0.25) is 11.8 Å². The number of benzene rings is 2. The van der Waals surface area contributed by atoms with Crippen molar-refractivity contribution in [2.75, 3.05) is 11.9 Å². The fraction of sp³-hybridized carbons (Fsp3) is 0.360. The van der Waals surface area contributed by atoms with Crippen molar-refractivity contribution in [1.29, 1.82) is 0 Å². The molecular formula is C25H27N3O3. The highest BCUT2D eigenvalue weighted by Crippen LogP contribution is 2.30. The van der Waals surface area contributed by atoms with Crippen molar-refractivity contribution in [2.45, 2.75) is 51.1 Å². The van der Waals surface area contributed by atoms with Gasteiger partial charge in [0.15, 0.2) is 0 Å². The predicted molar refractivity (Wildman–Crippen MR) is 120 cm³/mol. The lowest BCUT2D eigenvalue weighted by atomic mass is 10.0. The van der Waals surface area contributed by atoms with E-state index < -0.39 is 0 Å². The Labute approximate surface area is 181 Å². The number of hydrogen-bond acceptors (Lipinski definition) is 4. The summed E-state index contributed by atoms with van der Waals surface area (Å²) in [5.41, 5.74) is 11.9. The molecular weight excluding hydrogens is 390 g/mol. The molecule has 6 heteroatoms. The topological polar surface area (TPSA) is 88.6 Å². The molecule has 2 amide bonds. The summed E-state index contributed by atoms with van der Waals surface area (Å²) in [6.07, 6.45) is 7.16. The van der Waals surface area contributed by atoms with Gasteiger partial charge in [-0.2, -0.15) is 0 Å². The van der Waals surface area contributed by atoms with Crippen molar-refractivity contribution < 1.29 is 14.0 Å². The zero-order valence-corrected chi connectivity index (χ0v) is 17.5. The van der Waals surface area contributed by atoms with Crippen LogP contribution in [0.25, 0.3) is 11.0 Å². The molecule has 0 saturated carbocycles. The van der Waals surface area contributed by atoms with E-state index in [1.165, 1.54) is 17.5 Å². The number of furan rings is 1. The number of nitrogens with one attached hydrogen (secondary N) is 1. The Morgan fingerprint density at radius 1 is 1.13 bits per heavy atom. The minimum atomic E-state index is -0.264. The standard InChI is InChI=1S/C25H27N3O3/c26-25(30)22-8-3-9-28(22)14-16-4-1-7-20(10-16)27-24(29)13-19-15-31-23-12-18-6-2-5-17(18)11-21(19)23/h1,4,7,10-12,15,22H,2-3,5-6,8-9,13-14H2,(H2,26,30)(H,27,29)/t22-/m1/s1. The van der Waals surface area contributed by atoms with Crippen molar-refractivity contribution in [3.63, 3.8) is 0 Å². The van der Waals surface area contributed by atoms with Gasteiger partial charge in [-0.1, -0.05) is 12.1 Å². The number of primary amides is 1. The maximum atomic E-state index is 12.7. The molecule has 1 saturated heterocycles. The molecule has 6 nitrogen and oxygen atoms in total. The van der Waals surface area contributed by atoms with E-state index in [2.05, 4.69) is 22.3 Å². The van der Waals surface area contributed by atoms with E-state index in [9.17, 15) is 9.59 Å². The lowest BCUT2D eigenvalue weighted by Gasteiger charge is -2.22. The molecule has 0 spiro atoms. The molecule has 2 aliphatic rings. The van der Waals surface area contributed by atoms with Crippen LogP contribution in [-0.4, -0.2) is 29.3 Å². The summed E-state index contributed by atoms with van der Waals surface area (Å²) < 4.78 is 5.72. The predicted octanol–water partition coefficient (Wildman–Crippen LogP) is 3.55. The molecule has 1 aliphatic carbocycles. The molecule has 160 valence electrons. The van der Waals surface area contributed by atoms with E-state index in [1.54, 1.807) is 6.26 Å². The molecule has 5 rings (SSSR count). The summed E-state index contributed by atoms with van der Waals surface area (Å²) in [4.78, 5) is 26.5. The number of fused-ring (bicyclic) bond motifs is 2. The number of amides is 2. The molecule has 0 radical (unpaired) electrons. The average molecular weight is 418 g/mol. The van der Waals surface area contributed by atoms with Gasteiger partial charge in [0, 0.05) is 23.2 Å². The first-order chi connectivity index (χ1) is 15.1. The second kappa shape index (κ2) is 8.19. The number of likely N-dealkylation sites (tertiary alicyclic amines) is 1. The number of nitrogens with zero attached hydrogens (tertiary/aromatic N) is 1. The van der Waals surface area contributed by atoms with E-state index in [1.807, 2.05) is 24.3 Å². The van der Waals surface area contributed by atoms with Gasteiger partial charge in [-0.15, -0.1) is 0 Å². The fourth-order valence-electron chi connectivity index (χ4n) is 4.98. The molecule has 1 atom stereocenters. The van der Waals surface area contributed by atoms with Crippen LogP contribution in [0, 0.1) is 0 Å². The number of nitrogens with two attached hydrogens (primary N) is 1. The lowest BCUT2D eigenvalue weighted by Crippen LogP contribution is -2.39. The van der Waals surface area contributed by atoms with E-state index in [0.29, 0.717) is 6.54 Å². The van der Waals surface area contributed by atoms with Crippen LogP contribution in [0.1, 0.15) is 41.5 Å². The first kappa shape index (κ1) is 19.8. The van der Waals surface area contributed by atoms with E-state index in [0.717, 1.165) is 60.0 Å². The summed E-state index contributed by atoms with van der Waals surface area (Å²) in [6.45, 7) is 1.51. The van der Waals surface area contributed by atoms with Crippen molar-refractivity contribution >= 4 is 28.5 Å². The van der Waals surface area contributed by atoms with Crippen LogP contribution in [0.5, 0.6) is 0 Å². The normalized spacial score (nSPS) is 18.4. The summed E-state index contributed by atoms with van der Waals surface area (Å²) in [6, 6.07) is 11.9. The second-order valence-corrected chi connectivity index (χ2v) is 8.69. The van der Waals surface area contributed by atoms with Crippen molar-refractivity contribution in [3.05, 3.63) is 64.9 Å². The molecule has 2 heterocycles. The third-order valence-electron chi connectivity index (χ3n) is 6.51. The van der Waals surface area contributed by atoms with Crippen LogP contribution in [0.2, 0.25) is 0 Å². The first-order valence-corrected chi connectivity index (χ1v) is 11.0. The number of hydrogen-bond donors (Lipinski definition) is 2. The molecule has 31 heavy (non-hydrogen) atoms. The molecule has 1 fully saturated rings. The Balaban J connectivity index is 1.26. The zero-order valence-electron chi connectivity index (χ0n) is 17.5. The number of rotatable bonds is 6. The molecule has 3 aromatic rings. The summed E-state index contributed by atoms with van der Waals surface area (Å²) in [5, 5.41) is 4.04. The van der Waals surface area contributed by atoms with Gasteiger partial charge in [0.25, 0.3) is 0 Å². The van der Waals surface area contributed by atoms with Gasteiger partial charge in [0.05, 0.1) is 18.7 Å². The SMILES string of the molecule is NC(=O)[C@H]1CCCN1Cc1cccc(NC(=O)Cc2coc3cc4c(cc23)CCC4)c1. The Morgan fingerprint density at radius 2 is 1.97 bits per heavy atom. The number of carbonyl (C=O) groups is 2. The highest BCUT2D eigenvalue weighted by atomic mass is 16.3. The van der Waals surface area contributed by atoms with Crippen LogP contribution in [0.15, 0.2) is 47.1 Å². The van der Waals surface area contributed by atoms with Gasteiger partial charge in [-0.25, -0.2) is 0 Å². The van der Waals surface area contributed by atoms with E-state index in [-0.39, 0.29) is 24.3 Å². The largest absolute Gasteiger partial charge is 0.464 e. The van der Waals surface area contributed by atoms with Gasteiger partial charge < -0.3 is 15.5 Å². The van der Waals surface area contributed by atoms with Crippen molar-refractivity contribution in [3.8, 4) is 0 Å². The van der Waals surface area contributed by atoms with Crippen LogP contribution in [0.3, 0.4) is 0 Å². The maximum Gasteiger partial charge on any atom is 0.234 e. The van der Waals surface area contributed by atoms with Crippen LogP contribution < -0.4 is 11.1 Å². The zero-order chi connectivity index (χ0) is 21.4. The maximum absolute atomic E-state index is 12.7. The first-order valence-electron chi connectivity index (χ1n) is 11.0. The third-order valence-corrected chi connectivity index (χ3v) is 6.51. The minimum absolute atomic E-state index is 0.0727. The quantitative estimate of drug-likeness (QED) is 0.642. The Morgan fingerprint density at radius 3 is 2.81 bits per heavy atom. The second-order valence-electron chi connectivity index (χ2n) is 8.69. The van der Waals surface area contributed by atoms with Gasteiger partial charge >= 0.3 is 0 Å². The van der Waals surface area contributed by atoms with Gasteiger partial charge in [0.1, 0.15) is 5.58 Å². The summed E-state index contributed by atoms with van der Waals surface area (Å²) >= 11 is 0. The Kier molecular flexibility index (Phi) is 5.24. The smallest absolute Gasteiger partial charge is 0.234 e. The highest BCUT2D eigenvalue weighted by Gasteiger charge is 2.28. The van der Waals surface area contributed by atoms with Crippen LogP contribution in [-0.2, 0) is 35.4 Å². The third kappa shape index (κ3) is 4.08. The average Bonchev–Trinajstić information content (AvgIpc) is 3.47. The van der Waals surface area contributed by atoms with Crippen LogP contribution >= 0.6 is 0 Å².